The average molecular weight is 348 g/mol. The Morgan fingerprint density at radius 3 is 2.80 bits per heavy atom. The summed E-state index contributed by atoms with van der Waals surface area (Å²) in [5.41, 5.74) is 0.202. The van der Waals surface area contributed by atoms with Crippen LogP contribution in [-0.2, 0) is 4.74 Å². The number of ether oxygens (including phenoxy) is 2. The number of hydrogen-bond donors (Lipinski definition) is 1. The van der Waals surface area contributed by atoms with Gasteiger partial charge in [-0.3, -0.25) is 4.90 Å². The molecule has 3 rings (SSSR count). The van der Waals surface area contributed by atoms with E-state index in [0.717, 1.165) is 37.5 Å². The predicted octanol–water partition coefficient (Wildman–Crippen LogP) is 1.92. The highest BCUT2D eigenvalue weighted by Crippen LogP contribution is 2.22. The van der Waals surface area contributed by atoms with Crippen LogP contribution in [0.1, 0.15) is 25.3 Å². The molecule has 0 bridgehead atoms. The molecule has 0 unspecified atom stereocenters. The molecule has 2 heterocycles. The zero-order valence-corrected chi connectivity index (χ0v) is 15.6. The second-order valence-electron chi connectivity index (χ2n) is 7.52. The lowest BCUT2D eigenvalue weighted by molar-refractivity contribution is -0.0689. The number of benzene rings is 1. The van der Waals surface area contributed by atoms with Crippen molar-refractivity contribution < 1.29 is 14.6 Å². The molecule has 0 amide bonds. The van der Waals surface area contributed by atoms with E-state index in [4.69, 9.17) is 9.47 Å². The van der Waals surface area contributed by atoms with Crippen LogP contribution >= 0.6 is 0 Å². The SMILES string of the molecule is CCN1CCC(N2CCOC[C@](O)(COc3cccc(C)c3)C2)CC1. The van der Waals surface area contributed by atoms with Crippen LogP contribution < -0.4 is 4.74 Å². The number of piperidine rings is 1. The van der Waals surface area contributed by atoms with E-state index in [2.05, 4.69) is 16.7 Å². The summed E-state index contributed by atoms with van der Waals surface area (Å²) in [6, 6.07) is 8.49. The van der Waals surface area contributed by atoms with E-state index in [-0.39, 0.29) is 6.61 Å². The maximum Gasteiger partial charge on any atom is 0.134 e. The van der Waals surface area contributed by atoms with Crippen LogP contribution in [0.2, 0.25) is 0 Å². The van der Waals surface area contributed by atoms with E-state index < -0.39 is 5.60 Å². The van der Waals surface area contributed by atoms with Crippen molar-refractivity contribution in [1.82, 2.24) is 9.80 Å². The van der Waals surface area contributed by atoms with Gasteiger partial charge in [-0.1, -0.05) is 19.1 Å². The van der Waals surface area contributed by atoms with Gasteiger partial charge in [0.2, 0.25) is 0 Å². The van der Waals surface area contributed by atoms with Crippen LogP contribution in [0.15, 0.2) is 24.3 Å². The fraction of sp³-hybridized carbons (Fsp3) is 0.700. The van der Waals surface area contributed by atoms with E-state index in [9.17, 15) is 5.11 Å². The molecule has 0 radical (unpaired) electrons. The first-order chi connectivity index (χ1) is 12.1. The average Bonchev–Trinajstić information content (AvgIpc) is 2.83. The van der Waals surface area contributed by atoms with Crippen LogP contribution in [0.4, 0.5) is 0 Å². The first-order valence-corrected chi connectivity index (χ1v) is 9.54. The molecule has 2 aliphatic heterocycles. The smallest absolute Gasteiger partial charge is 0.134 e. The fourth-order valence-electron chi connectivity index (χ4n) is 3.87. The Balaban J connectivity index is 1.58. The summed E-state index contributed by atoms with van der Waals surface area (Å²) < 4.78 is 11.6. The molecule has 2 fully saturated rings. The van der Waals surface area contributed by atoms with Crippen LogP contribution in [0.3, 0.4) is 0 Å². The summed E-state index contributed by atoms with van der Waals surface area (Å²) >= 11 is 0. The molecule has 140 valence electrons. The summed E-state index contributed by atoms with van der Waals surface area (Å²) in [4.78, 5) is 4.91. The molecular weight excluding hydrogens is 316 g/mol. The lowest BCUT2D eigenvalue weighted by Gasteiger charge is -2.40. The lowest BCUT2D eigenvalue weighted by Crippen LogP contribution is -2.53. The number of nitrogens with zero attached hydrogens (tertiary/aromatic N) is 2. The lowest BCUT2D eigenvalue weighted by atomic mass is 9.99. The van der Waals surface area contributed by atoms with Crippen molar-refractivity contribution >= 4 is 0 Å². The molecule has 1 aromatic rings. The Morgan fingerprint density at radius 2 is 2.08 bits per heavy atom. The molecule has 2 saturated heterocycles. The van der Waals surface area contributed by atoms with Gasteiger partial charge in [-0.05, 0) is 57.1 Å². The fourth-order valence-corrected chi connectivity index (χ4v) is 3.87. The van der Waals surface area contributed by atoms with Gasteiger partial charge in [0.15, 0.2) is 0 Å². The summed E-state index contributed by atoms with van der Waals surface area (Å²) in [6.07, 6.45) is 2.34. The summed E-state index contributed by atoms with van der Waals surface area (Å²) in [5.74, 6) is 0.806. The van der Waals surface area contributed by atoms with Gasteiger partial charge in [0.05, 0.1) is 13.2 Å². The van der Waals surface area contributed by atoms with E-state index in [1.165, 1.54) is 12.8 Å². The van der Waals surface area contributed by atoms with E-state index in [1.807, 2.05) is 31.2 Å². The minimum absolute atomic E-state index is 0.265. The van der Waals surface area contributed by atoms with Crippen molar-refractivity contribution in [1.29, 1.82) is 0 Å². The number of β-amino-alcohol motifs (C(OH)–C–C–N with tert-alkyl or cyclic N) is 1. The Hall–Kier alpha value is -1.14. The zero-order valence-electron chi connectivity index (χ0n) is 15.6. The van der Waals surface area contributed by atoms with Crippen molar-refractivity contribution in [2.75, 3.05) is 52.5 Å². The first kappa shape index (κ1) is 18.6. The molecule has 2 aliphatic rings. The Labute approximate surface area is 151 Å². The third-order valence-corrected chi connectivity index (χ3v) is 5.41. The molecule has 1 N–H and O–H groups in total. The molecule has 1 aromatic carbocycles. The second-order valence-corrected chi connectivity index (χ2v) is 7.52. The van der Waals surface area contributed by atoms with Gasteiger partial charge >= 0.3 is 0 Å². The zero-order chi connectivity index (χ0) is 17.7. The van der Waals surface area contributed by atoms with Gasteiger partial charge in [0, 0.05) is 19.1 Å². The number of rotatable bonds is 5. The van der Waals surface area contributed by atoms with Gasteiger partial charge in [0.25, 0.3) is 0 Å². The highest BCUT2D eigenvalue weighted by Gasteiger charge is 2.36. The molecule has 0 saturated carbocycles. The van der Waals surface area contributed by atoms with Gasteiger partial charge in [-0.2, -0.15) is 0 Å². The van der Waals surface area contributed by atoms with Crippen molar-refractivity contribution in [3.63, 3.8) is 0 Å². The maximum atomic E-state index is 11.1. The third kappa shape index (κ3) is 5.17. The highest BCUT2D eigenvalue weighted by molar-refractivity contribution is 5.27. The Kier molecular flexibility index (Phi) is 6.34. The van der Waals surface area contributed by atoms with Crippen molar-refractivity contribution in [3.8, 4) is 5.75 Å². The molecule has 1 atom stereocenters. The van der Waals surface area contributed by atoms with Gasteiger partial charge < -0.3 is 19.5 Å². The highest BCUT2D eigenvalue weighted by atomic mass is 16.5. The predicted molar refractivity (Wildman–Crippen MR) is 99.2 cm³/mol. The quantitative estimate of drug-likeness (QED) is 0.881. The number of likely N-dealkylation sites (tertiary alicyclic amines) is 1. The Bertz CT molecular complexity index is 545. The topological polar surface area (TPSA) is 45.2 Å². The van der Waals surface area contributed by atoms with E-state index in [1.54, 1.807) is 0 Å². The normalized spacial score (nSPS) is 27.2. The first-order valence-electron chi connectivity index (χ1n) is 9.54. The molecule has 0 spiro atoms. The number of aryl methyl sites for hydroxylation is 1. The molecule has 5 heteroatoms. The van der Waals surface area contributed by atoms with Gasteiger partial charge in [-0.25, -0.2) is 0 Å². The maximum absolute atomic E-state index is 11.1. The summed E-state index contributed by atoms with van der Waals surface area (Å²) in [5, 5.41) is 11.1. The van der Waals surface area contributed by atoms with Crippen molar-refractivity contribution in [2.24, 2.45) is 0 Å². The van der Waals surface area contributed by atoms with Crippen LogP contribution in [0.5, 0.6) is 5.75 Å². The largest absolute Gasteiger partial charge is 0.490 e. The van der Waals surface area contributed by atoms with Crippen LogP contribution in [0, 0.1) is 6.92 Å². The Morgan fingerprint density at radius 1 is 1.28 bits per heavy atom. The third-order valence-electron chi connectivity index (χ3n) is 5.41. The minimum atomic E-state index is -0.956. The van der Waals surface area contributed by atoms with Crippen molar-refractivity contribution in [3.05, 3.63) is 29.8 Å². The summed E-state index contributed by atoms with van der Waals surface area (Å²) in [6.45, 7) is 10.5. The molecule has 25 heavy (non-hydrogen) atoms. The standard InChI is InChI=1S/C20H32N2O3/c1-3-21-9-7-18(8-10-21)22-11-12-24-15-20(23,14-22)16-25-19-6-4-5-17(2)13-19/h4-6,13,18,23H,3,7-12,14-16H2,1-2H3/t20-/m0/s1. The van der Waals surface area contributed by atoms with Crippen LogP contribution in [-0.4, -0.2) is 79.1 Å². The monoisotopic (exact) mass is 348 g/mol. The number of aliphatic hydroxyl groups is 1. The van der Waals surface area contributed by atoms with Crippen LogP contribution in [0.25, 0.3) is 0 Å². The van der Waals surface area contributed by atoms with Gasteiger partial charge in [0.1, 0.15) is 18.0 Å². The molecule has 0 aromatic heterocycles. The molecular formula is C20H32N2O3. The molecule has 0 aliphatic carbocycles. The van der Waals surface area contributed by atoms with E-state index >= 15 is 0 Å². The van der Waals surface area contributed by atoms with Gasteiger partial charge in [-0.15, -0.1) is 0 Å². The van der Waals surface area contributed by atoms with Crippen molar-refractivity contribution in [2.45, 2.75) is 38.3 Å². The molecule has 5 nitrogen and oxygen atoms in total. The second kappa shape index (κ2) is 8.49. The van der Waals surface area contributed by atoms with E-state index in [0.29, 0.717) is 25.8 Å². The number of hydrogen-bond acceptors (Lipinski definition) is 5. The minimum Gasteiger partial charge on any atom is -0.490 e. The summed E-state index contributed by atoms with van der Waals surface area (Å²) in [7, 11) is 0.